The van der Waals surface area contributed by atoms with E-state index in [2.05, 4.69) is 24.4 Å². The van der Waals surface area contributed by atoms with Crippen LogP contribution in [0, 0.1) is 0 Å². The molecule has 100 valence electrons. The average molecular weight is 249 g/mol. The molecular formula is C15H23NO2. The smallest absolute Gasteiger partial charge is 0.119 e. The molecule has 2 unspecified atom stereocenters. The standard InChI is InChI=1S/C15H23NO2/c1-3-16-14(15-8-5-9-18-15)11-12-6-4-7-13(10-12)17-2/h4,6-7,10,14-16H,3,5,8-9,11H2,1-2H3. The van der Waals surface area contributed by atoms with Crippen LogP contribution < -0.4 is 10.1 Å². The molecule has 3 heteroatoms. The fourth-order valence-corrected chi connectivity index (χ4v) is 2.57. The van der Waals surface area contributed by atoms with E-state index in [0.29, 0.717) is 12.1 Å². The summed E-state index contributed by atoms with van der Waals surface area (Å²) < 4.78 is 11.1. The predicted octanol–water partition coefficient (Wildman–Crippen LogP) is 2.39. The summed E-state index contributed by atoms with van der Waals surface area (Å²) in [5.74, 6) is 0.926. The van der Waals surface area contributed by atoms with E-state index >= 15 is 0 Å². The van der Waals surface area contributed by atoms with Crippen LogP contribution in [-0.4, -0.2) is 32.4 Å². The Balaban J connectivity index is 2.02. The topological polar surface area (TPSA) is 30.5 Å². The first-order valence-corrected chi connectivity index (χ1v) is 6.81. The molecule has 1 aromatic carbocycles. The van der Waals surface area contributed by atoms with Crippen molar-refractivity contribution in [2.24, 2.45) is 0 Å². The van der Waals surface area contributed by atoms with Gasteiger partial charge in [-0.3, -0.25) is 0 Å². The SMILES string of the molecule is CCNC(Cc1cccc(OC)c1)C1CCCO1. The summed E-state index contributed by atoms with van der Waals surface area (Å²) >= 11 is 0. The highest BCUT2D eigenvalue weighted by Crippen LogP contribution is 2.20. The maximum atomic E-state index is 5.80. The molecule has 3 nitrogen and oxygen atoms in total. The van der Waals surface area contributed by atoms with Gasteiger partial charge in [0.2, 0.25) is 0 Å². The molecule has 1 aliphatic heterocycles. The molecular weight excluding hydrogens is 226 g/mol. The van der Waals surface area contributed by atoms with Crippen LogP contribution in [0.2, 0.25) is 0 Å². The molecule has 1 aromatic rings. The van der Waals surface area contributed by atoms with Crippen molar-refractivity contribution in [1.29, 1.82) is 0 Å². The normalized spacial score (nSPS) is 20.9. The Kier molecular flexibility index (Phi) is 5.02. The molecule has 18 heavy (non-hydrogen) atoms. The number of benzene rings is 1. The molecule has 2 atom stereocenters. The molecule has 0 spiro atoms. The highest BCUT2D eigenvalue weighted by molar-refractivity contribution is 5.29. The third-order valence-electron chi connectivity index (χ3n) is 3.47. The van der Waals surface area contributed by atoms with Crippen LogP contribution in [0.4, 0.5) is 0 Å². The van der Waals surface area contributed by atoms with Crippen molar-refractivity contribution in [3.63, 3.8) is 0 Å². The van der Waals surface area contributed by atoms with Gasteiger partial charge in [-0.2, -0.15) is 0 Å². The minimum Gasteiger partial charge on any atom is -0.497 e. The lowest BCUT2D eigenvalue weighted by atomic mass is 9.99. The van der Waals surface area contributed by atoms with E-state index in [1.54, 1.807) is 7.11 Å². The van der Waals surface area contributed by atoms with Gasteiger partial charge in [0.1, 0.15) is 5.75 Å². The fraction of sp³-hybridized carbons (Fsp3) is 0.600. The van der Waals surface area contributed by atoms with Crippen molar-refractivity contribution in [2.75, 3.05) is 20.3 Å². The number of ether oxygens (including phenoxy) is 2. The van der Waals surface area contributed by atoms with E-state index in [1.165, 1.54) is 18.4 Å². The Hall–Kier alpha value is -1.06. The van der Waals surface area contributed by atoms with Crippen LogP contribution >= 0.6 is 0 Å². The Morgan fingerprint density at radius 2 is 2.39 bits per heavy atom. The summed E-state index contributed by atoms with van der Waals surface area (Å²) in [7, 11) is 1.71. The minimum absolute atomic E-state index is 0.358. The van der Waals surface area contributed by atoms with Gasteiger partial charge in [0, 0.05) is 12.6 Å². The molecule has 0 bridgehead atoms. The zero-order chi connectivity index (χ0) is 12.8. The molecule has 2 rings (SSSR count). The molecule has 0 aromatic heterocycles. The molecule has 1 fully saturated rings. The lowest BCUT2D eigenvalue weighted by Gasteiger charge is -2.24. The number of hydrogen-bond donors (Lipinski definition) is 1. The monoisotopic (exact) mass is 249 g/mol. The highest BCUT2D eigenvalue weighted by Gasteiger charge is 2.25. The molecule has 0 aliphatic carbocycles. The number of nitrogens with one attached hydrogen (secondary N) is 1. The van der Waals surface area contributed by atoms with Gasteiger partial charge in [0.15, 0.2) is 0 Å². The summed E-state index contributed by atoms with van der Waals surface area (Å²) in [6.45, 7) is 4.03. The van der Waals surface area contributed by atoms with E-state index in [9.17, 15) is 0 Å². The quantitative estimate of drug-likeness (QED) is 0.839. The molecule has 1 heterocycles. The second kappa shape index (κ2) is 6.76. The molecule has 0 amide bonds. The third kappa shape index (κ3) is 3.47. The number of rotatable bonds is 6. The Labute approximate surface area is 109 Å². The van der Waals surface area contributed by atoms with Crippen LogP contribution in [0.3, 0.4) is 0 Å². The summed E-state index contributed by atoms with van der Waals surface area (Å²) in [4.78, 5) is 0. The van der Waals surface area contributed by atoms with Crippen molar-refractivity contribution in [3.05, 3.63) is 29.8 Å². The first-order chi connectivity index (χ1) is 8.83. The third-order valence-corrected chi connectivity index (χ3v) is 3.47. The molecule has 0 radical (unpaired) electrons. The van der Waals surface area contributed by atoms with E-state index in [1.807, 2.05) is 12.1 Å². The maximum absolute atomic E-state index is 5.80. The first-order valence-electron chi connectivity index (χ1n) is 6.81. The van der Waals surface area contributed by atoms with Gasteiger partial charge in [0.25, 0.3) is 0 Å². The van der Waals surface area contributed by atoms with Gasteiger partial charge in [0.05, 0.1) is 13.2 Å². The zero-order valence-electron chi connectivity index (χ0n) is 11.3. The largest absolute Gasteiger partial charge is 0.497 e. The van der Waals surface area contributed by atoms with Gasteiger partial charge in [-0.1, -0.05) is 19.1 Å². The second-order valence-electron chi connectivity index (χ2n) is 4.77. The van der Waals surface area contributed by atoms with Crippen LogP contribution in [0.25, 0.3) is 0 Å². The van der Waals surface area contributed by atoms with Crippen LogP contribution in [0.1, 0.15) is 25.3 Å². The Bertz CT molecular complexity index is 361. The van der Waals surface area contributed by atoms with Crippen molar-refractivity contribution >= 4 is 0 Å². The summed E-state index contributed by atoms with van der Waals surface area (Å²) in [6.07, 6.45) is 3.71. The van der Waals surface area contributed by atoms with Crippen molar-refractivity contribution in [2.45, 2.75) is 38.3 Å². The molecule has 1 N–H and O–H groups in total. The lowest BCUT2D eigenvalue weighted by molar-refractivity contribution is 0.0789. The zero-order valence-corrected chi connectivity index (χ0v) is 11.3. The first kappa shape index (κ1) is 13.4. The van der Waals surface area contributed by atoms with Gasteiger partial charge < -0.3 is 14.8 Å². The van der Waals surface area contributed by atoms with Crippen LogP contribution in [-0.2, 0) is 11.2 Å². The van der Waals surface area contributed by atoms with E-state index in [4.69, 9.17) is 9.47 Å². The summed E-state index contributed by atoms with van der Waals surface area (Å²) in [5, 5.41) is 3.54. The van der Waals surface area contributed by atoms with E-state index < -0.39 is 0 Å². The molecule has 0 saturated carbocycles. The van der Waals surface area contributed by atoms with Gasteiger partial charge in [-0.05, 0) is 43.5 Å². The predicted molar refractivity (Wildman–Crippen MR) is 73.1 cm³/mol. The summed E-state index contributed by atoms with van der Waals surface area (Å²) in [6, 6.07) is 8.70. The number of hydrogen-bond acceptors (Lipinski definition) is 3. The lowest BCUT2D eigenvalue weighted by Crippen LogP contribution is -2.41. The Morgan fingerprint density at radius 3 is 3.06 bits per heavy atom. The average Bonchev–Trinajstić information content (AvgIpc) is 2.92. The molecule has 1 aliphatic rings. The van der Waals surface area contributed by atoms with Crippen molar-refractivity contribution in [3.8, 4) is 5.75 Å². The number of methoxy groups -OCH3 is 1. The van der Waals surface area contributed by atoms with Crippen LogP contribution in [0.5, 0.6) is 5.75 Å². The fourth-order valence-electron chi connectivity index (χ4n) is 2.57. The minimum atomic E-state index is 0.358. The van der Waals surface area contributed by atoms with E-state index in [-0.39, 0.29) is 0 Å². The maximum Gasteiger partial charge on any atom is 0.119 e. The van der Waals surface area contributed by atoms with Crippen molar-refractivity contribution in [1.82, 2.24) is 5.32 Å². The van der Waals surface area contributed by atoms with Gasteiger partial charge in [-0.15, -0.1) is 0 Å². The second-order valence-corrected chi connectivity index (χ2v) is 4.77. The van der Waals surface area contributed by atoms with E-state index in [0.717, 1.165) is 25.3 Å². The molecule has 1 saturated heterocycles. The van der Waals surface area contributed by atoms with Gasteiger partial charge >= 0.3 is 0 Å². The Morgan fingerprint density at radius 1 is 1.50 bits per heavy atom. The number of likely N-dealkylation sites (N-methyl/N-ethyl adjacent to an activating group) is 1. The van der Waals surface area contributed by atoms with Crippen molar-refractivity contribution < 1.29 is 9.47 Å². The summed E-state index contributed by atoms with van der Waals surface area (Å²) in [5.41, 5.74) is 1.30. The van der Waals surface area contributed by atoms with Crippen LogP contribution in [0.15, 0.2) is 24.3 Å². The van der Waals surface area contributed by atoms with Gasteiger partial charge in [-0.25, -0.2) is 0 Å². The highest BCUT2D eigenvalue weighted by atomic mass is 16.5.